The van der Waals surface area contributed by atoms with Gasteiger partial charge in [-0.1, -0.05) is 39.5 Å². The van der Waals surface area contributed by atoms with Gasteiger partial charge in [-0.25, -0.2) is 0 Å². The van der Waals surface area contributed by atoms with Gasteiger partial charge in [-0.3, -0.25) is 28.9 Å². The second kappa shape index (κ2) is 17.2. The summed E-state index contributed by atoms with van der Waals surface area (Å²) in [4.78, 5) is 72.5. The third-order valence-corrected chi connectivity index (χ3v) is 11.4. The standard InChI is InChI=1S/C35H61N7O6/c1-20(2)15-28-32(45)40-30(24-9-7-6-8-10-24)34(47)38-27(18-36)31(44)39-29(22(4)43)33(46)37-13-14-42(21(3)35(48)41(28)5)19-26-17-23-11-12-25(26)16-23/h20-30,43H,6-19,36H2,1-5H3,(H,37,46)(H,38,47)(H,39,44)(H,40,45)/t21-,22-,23?,25?,26?,27-,28-,29-,30-/m0/s1. The number of hydrogen-bond donors (Lipinski definition) is 6. The lowest BCUT2D eigenvalue weighted by Crippen LogP contribution is -2.63. The first kappa shape index (κ1) is 38.0. The molecule has 3 unspecified atom stereocenters. The van der Waals surface area contributed by atoms with Gasteiger partial charge in [-0.2, -0.15) is 0 Å². The van der Waals surface area contributed by atoms with Gasteiger partial charge in [0, 0.05) is 33.2 Å². The number of carbonyl (C=O) groups excluding carboxylic acids is 5. The van der Waals surface area contributed by atoms with Crippen LogP contribution >= 0.6 is 0 Å². The molecule has 4 rings (SSSR count). The maximum Gasteiger partial charge on any atom is 0.245 e. The first-order valence-electron chi connectivity index (χ1n) is 18.4. The molecule has 0 spiro atoms. The molecule has 4 aliphatic rings. The number of nitrogens with two attached hydrogens (primary N) is 1. The number of amides is 5. The van der Waals surface area contributed by atoms with E-state index in [2.05, 4.69) is 26.2 Å². The molecule has 0 aromatic carbocycles. The zero-order chi connectivity index (χ0) is 35.1. The highest BCUT2D eigenvalue weighted by atomic mass is 16.3. The summed E-state index contributed by atoms with van der Waals surface area (Å²) in [6.07, 6.45) is 8.36. The molecule has 7 N–H and O–H groups in total. The Bertz CT molecular complexity index is 1140. The first-order chi connectivity index (χ1) is 22.8. The molecule has 5 amide bonds. The number of hydrogen-bond acceptors (Lipinski definition) is 8. The van der Waals surface area contributed by atoms with E-state index in [1.807, 2.05) is 20.8 Å². The molecule has 3 saturated carbocycles. The molecule has 0 aromatic rings. The van der Waals surface area contributed by atoms with Crippen LogP contribution in [-0.2, 0) is 24.0 Å². The Morgan fingerprint density at radius 1 is 0.854 bits per heavy atom. The van der Waals surface area contributed by atoms with Crippen molar-refractivity contribution in [2.24, 2.45) is 35.3 Å². The Morgan fingerprint density at radius 3 is 2.15 bits per heavy atom. The van der Waals surface area contributed by atoms with Crippen molar-refractivity contribution >= 4 is 29.5 Å². The van der Waals surface area contributed by atoms with Crippen LogP contribution in [0.2, 0.25) is 0 Å². The van der Waals surface area contributed by atoms with Crippen molar-refractivity contribution in [1.29, 1.82) is 0 Å². The summed E-state index contributed by atoms with van der Waals surface area (Å²) in [5.74, 6) is -0.627. The van der Waals surface area contributed by atoms with Crippen LogP contribution in [-0.4, -0.2) is 114 Å². The second-order valence-electron chi connectivity index (χ2n) is 15.4. The number of aliphatic hydroxyl groups excluding tert-OH is 1. The van der Waals surface area contributed by atoms with Crippen molar-refractivity contribution < 1.29 is 29.1 Å². The monoisotopic (exact) mass is 675 g/mol. The zero-order valence-corrected chi connectivity index (χ0v) is 29.7. The van der Waals surface area contributed by atoms with E-state index in [9.17, 15) is 29.1 Å². The Morgan fingerprint density at radius 2 is 1.56 bits per heavy atom. The van der Waals surface area contributed by atoms with Crippen LogP contribution < -0.4 is 27.0 Å². The summed E-state index contributed by atoms with van der Waals surface area (Å²) in [5, 5.41) is 21.6. The molecular weight excluding hydrogens is 614 g/mol. The van der Waals surface area contributed by atoms with E-state index in [4.69, 9.17) is 5.73 Å². The molecule has 3 aliphatic carbocycles. The van der Waals surface area contributed by atoms with E-state index in [0.717, 1.165) is 44.4 Å². The number of nitrogens with one attached hydrogen (secondary N) is 4. The quantitative estimate of drug-likeness (QED) is 0.225. The minimum Gasteiger partial charge on any atom is -0.391 e. The third kappa shape index (κ3) is 9.47. The highest BCUT2D eigenvalue weighted by molar-refractivity contribution is 5.96. The summed E-state index contributed by atoms with van der Waals surface area (Å²) in [6, 6.07) is -4.77. The molecule has 0 aromatic heterocycles. The smallest absolute Gasteiger partial charge is 0.245 e. The fourth-order valence-corrected chi connectivity index (χ4v) is 8.54. The highest BCUT2D eigenvalue weighted by Gasteiger charge is 2.42. The number of aliphatic hydroxyl groups is 1. The number of nitrogens with zero attached hydrogens (tertiary/aromatic N) is 2. The van der Waals surface area contributed by atoms with Crippen molar-refractivity contribution in [3.05, 3.63) is 0 Å². The molecular formula is C35H61N7O6. The molecule has 9 atom stereocenters. The van der Waals surface area contributed by atoms with Crippen molar-refractivity contribution in [1.82, 2.24) is 31.1 Å². The van der Waals surface area contributed by atoms with Crippen LogP contribution in [0, 0.1) is 29.6 Å². The van der Waals surface area contributed by atoms with E-state index >= 15 is 0 Å². The Labute approximate surface area is 286 Å². The van der Waals surface area contributed by atoms with Gasteiger partial charge in [0.2, 0.25) is 29.5 Å². The Balaban J connectivity index is 1.67. The average molecular weight is 676 g/mol. The molecule has 4 fully saturated rings. The lowest BCUT2D eigenvalue weighted by atomic mass is 9.83. The van der Waals surface area contributed by atoms with Gasteiger partial charge in [0.05, 0.1) is 12.1 Å². The number of rotatable bonds is 7. The molecule has 1 aliphatic heterocycles. The van der Waals surface area contributed by atoms with E-state index < -0.39 is 59.9 Å². The summed E-state index contributed by atoms with van der Waals surface area (Å²) >= 11 is 0. The minimum absolute atomic E-state index is 0.0960. The van der Waals surface area contributed by atoms with E-state index in [1.54, 1.807) is 7.05 Å². The normalized spacial score (nSPS) is 34.7. The lowest BCUT2D eigenvalue weighted by molar-refractivity contribution is -0.144. The van der Waals surface area contributed by atoms with Crippen LogP contribution in [0.3, 0.4) is 0 Å². The molecule has 2 bridgehead atoms. The van der Waals surface area contributed by atoms with E-state index in [0.29, 0.717) is 31.3 Å². The van der Waals surface area contributed by atoms with Crippen molar-refractivity contribution in [2.45, 2.75) is 128 Å². The number of fused-ring (bicyclic) bond motifs is 2. The summed E-state index contributed by atoms with van der Waals surface area (Å²) < 4.78 is 0. The predicted molar refractivity (Wildman–Crippen MR) is 182 cm³/mol. The van der Waals surface area contributed by atoms with Crippen LogP contribution in [0.25, 0.3) is 0 Å². The molecule has 1 heterocycles. The van der Waals surface area contributed by atoms with Gasteiger partial charge < -0.3 is 37.0 Å². The van der Waals surface area contributed by atoms with Gasteiger partial charge in [-0.15, -0.1) is 0 Å². The highest BCUT2D eigenvalue weighted by Crippen LogP contribution is 2.48. The molecule has 272 valence electrons. The molecule has 48 heavy (non-hydrogen) atoms. The van der Waals surface area contributed by atoms with E-state index in [1.165, 1.54) is 31.1 Å². The minimum atomic E-state index is -1.28. The van der Waals surface area contributed by atoms with Gasteiger partial charge >= 0.3 is 0 Å². The molecule has 1 saturated heterocycles. The maximum absolute atomic E-state index is 14.2. The van der Waals surface area contributed by atoms with E-state index in [-0.39, 0.29) is 30.8 Å². The topological polar surface area (TPSA) is 186 Å². The van der Waals surface area contributed by atoms with Crippen molar-refractivity contribution in [3.63, 3.8) is 0 Å². The van der Waals surface area contributed by atoms with Crippen LogP contribution in [0.4, 0.5) is 0 Å². The molecule has 13 nitrogen and oxygen atoms in total. The molecule has 13 heteroatoms. The largest absolute Gasteiger partial charge is 0.391 e. The second-order valence-corrected chi connectivity index (χ2v) is 15.4. The lowest BCUT2D eigenvalue weighted by Gasteiger charge is -2.38. The van der Waals surface area contributed by atoms with Crippen LogP contribution in [0.5, 0.6) is 0 Å². The maximum atomic E-state index is 14.2. The van der Waals surface area contributed by atoms with Gasteiger partial charge in [-0.05, 0) is 82.0 Å². The number of likely N-dealkylation sites (N-methyl/N-ethyl adjacent to an activating group) is 1. The fraction of sp³-hybridized carbons (Fsp3) is 0.857. The SMILES string of the molecule is CC(C)C[C@H]1C(=O)N[C@@H](C2CCCCC2)C(=O)N[C@@H](CN)C(=O)N[C@@H]([C@H](C)O)C(=O)NCCN(CC2CC3CCC2C3)[C@@H](C)C(=O)N1C. The van der Waals surface area contributed by atoms with Crippen molar-refractivity contribution in [2.75, 3.05) is 33.2 Å². The Kier molecular flexibility index (Phi) is 13.7. The fourth-order valence-electron chi connectivity index (χ4n) is 8.54. The third-order valence-electron chi connectivity index (χ3n) is 11.4. The van der Waals surface area contributed by atoms with Gasteiger partial charge in [0.1, 0.15) is 24.2 Å². The van der Waals surface area contributed by atoms with Gasteiger partial charge in [0.15, 0.2) is 0 Å². The first-order valence-corrected chi connectivity index (χ1v) is 18.4. The molecule has 0 radical (unpaired) electrons. The Hall–Kier alpha value is -2.77. The summed E-state index contributed by atoms with van der Waals surface area (Å²) in [6.45, 7) is 8.30. The van der Waals surface area contributed by atoms with Gasteiger partial charge in [0.25, 0.3) is 0 Å². The van der Waals surface area contributed by atoms with Crippen LogP contribution in [0.1, 0.15) is 91.9 Å². The summed E-state index contributed by atoms with van der Waals surface area (Å²) in [5.41, 5.74) is 5.94. The van der Waals surface area contributed by atoms with Crippen molar-refractivity contribution in [3.8, 4) is 0 Å². The zero-order valence-electron chi connectivity index (χ0n) is 29.7. The summed E-state index contributed by atoms with van der Waals surface area (Å²) in [7, 11) is 1.67. The van der Waals surface area contributed by atoms with Crippen LogP contribution in [0.15, 0.2) is 0 Å². The average Bonchev–Trinajstić information content (AvgIpc) is 3.69. The number of carbonyl (C=O) groups is 5. The predicted octanol–water partition coefficient (Wildman–Crippen LogP) is 0.490.